The van der Waals surface area contributed by atoms with Crippen LogP contribution in [0, 0.1) is 0 Å². The molecule has 0 bridgehead atoms. The second-order valence-electron chi connectivity index (χ2n) is 12.6. The maximum Gasteiger partial charge on any atom is 0.528 e. The summed E-state index contributed by atoms with van der Waals surface area (Å²) in [5.74, 6) is -2.14. The molecule has 54 heavy (non-hydrogen) atoms. The highest BCUT2D eigenvalue weighted by atomic mass is 31.2. The van der Waals surface area contributed by atoms with Gasteiger partial charge >= 0.3 is 32.5 Å². The summed E-state index contributed by atoms with van der Waals surface area (Å²) in [5.41, 5.74) is -8.17. The highest BCUT2D eigenvalue weighted by Crippen LogP contribution is 2.57. The summed E-state index contributed by atoms with van der Waals surface area (Å²) in [6, 6.07) is 15.2. The molecule has 5 aromatic carbocycles. The Labute approximate surface area is 296 Å². The average molecular weight is 789 g/mol. The van der Waals surface area contributed by atoms with Gasteiger partial charge in [-0.15, -0.1) is 0 Å². The lowest BCUT2D eigenvalue weighted by atomic mass is 9.78. The normalized spacial score (nSPS) is 20.4. The van der Waals surface area contributed by atoms with Crippen molar-refractivity contribution in [2.45, 2.75) is 43.1 Å². The topological polar surface area (TPSA) is 55.8 Å². The first-order valence-electron chi connectivity index (χ1n) is 15.6. The number of phosphoric ester groups is 1. The highest BCUT2D eigenvalue weighted by molar-refractivity contribution is 7.47. The molecule has 0 radical (unpaired) electrons. The van der Waals surface area contributed by atoms with E-state index < -0.39 is 90.1 Å². The van der Waals surface area contributed by atoms with Crippen LogP contribution in [-0.4, -0.2) is 11.0 Å². The zero-order valence-corrected chi connectivity index (χ0v) is 27.6. The van der Waals surface area contributed by atoms with E-state index in [1.54, 1.807) is 0 Å². The third-order valence-electron chi connectivity index (χ3n) is 9.14. The van der Waals surface area contributed by atoms with E-state index in [4.69, 9.17) is 9.05 Å². The minimum atomic E-state index is -5.45. The SMILES string of the molecule is O=P1(O)Oc2c(Cc3ccc(C(F)(F)F)cc3C(F)(F)F)cc3ccccc3c2C2=c3ccccc3=C[C@@H](c3cc(C(F)(F)F)cc(C(F)(F)F)c3)[C@H]2O1. The Morgan fingerprint density at radius 2 is 1.26 bits per heavy atom. The monoisotopic (exact) mass is 788 g/mol. The van der Waals surface area contributed by atoms with Crippen molar-refractivity contribution >= 4 is 30.2 Å². The second-order valence-corrected chi connectivity index (χ2v) is 14.0. The van der Waals surface area contributed by atoms with Crippen LogP contribution in [0.5, 0.6) is 5.75 Å². The maximum absolute atomic E-state index is 14.2. The van der Waals surface area contributed by atoms with Gasteiger partial charge in [-0.05, 0) is 68.7 Å². The number of benzene rings is 5. The van der Waals surface area contributed by atoms with Gasteiger partial charge in [0.15, 0.2) is 0 Å². The number of phosphoric acid groups is 1. The molecule has 2 aliphatic rings. The molecular formula is C37H21F12O4P. The van der Waals surface area contributed by atoms with Crippen molar-refractivity contribution < 1.29 is 71.2 Å². The van der Waals surface area contributed by atoms with Crippen molar-refractivity contribution in [3.8, 4) is 5.75 Å². The molecule has 0 fully saturated rings. The third kappa shape index (κ3) is 6.98. The maximum atomic E-state index is 14.2. The number of hydrogen-bond donors (Lipinski definition) is 1. The minimum Gasteiger partial charge on any atom is -0.403 e. The van der Waals surface area contributed by atoms with E-state index in [2.05, 4.69) is 0 Å². The molecule has 5 aromatic rings. The Bertz CT molecular complexity index is 2470. The summed E-state index contributed by atoms with van der Waals surface area (Å²) in [5, 5.41) is 1.01. The van der Waals surface area contributed by atoms with Crippen LogP contribution in [-0.2, 0) is 40.2 Å². The van der Waals surface area contributed by atoms with Gasteiger partial charge in [-0.2, -0.15) is 52.7 Å². The third-order valence-corrected chi connectivity index (χ3v) is 10.0. The smallest absolute Gasteiger partial charge is 0.403 e. The van der Waals surface area contributed by atoms with Crippen LogP contribution in [0.2, 0.25) is 0 Å². The number of fused-ring (bicyclic) bond motifs is 6. The van der Waals surface area contributed by atoms with E-state index >= 15 is 0 Å². The fourth-order valence-corrected chi connectivity index (χ4v) is 7.89. The molecule has 0 aromatic heterocycles. The molecule has 0 saturated carbocycles. The Kier molecular flexibility index (Phi) is 8.78. The fourth-order valence-electron chi connectivity index (χ4n) is 6.88. The summed E-state index contributed by atoms with van der Waals surface area (Å²) >= 11 is 0. The van der Waals surface area contributed by atoms with Crippen LogP contribution in [0.4, 0.5) is 52.7 Å². The summed E-state index contributed by atoms with van der Waals surface area (Å²) < 4.78 is 192. The van der Waals surface area contributed by atoms with Gasteiger partial charge in [-0.1, -0.05) is 60.7 Å². The Morgan fingerprint density at radius 1 is 0.648 bits per heavy atom. The van der Waals surface area contributed by atoms with E-state index in [1.165, 1.54) is 60.7 Å². The van der Waals surface area contributed by atoms with Crippen LogP contribution in [0.15, 0.2) is 91.0 Å². The molecule has 0 saturated heterocycles. The molecule has 1 aliphatic heterocycles. The predicted molar refractivity (Wildman–Crippen MR) is 170 cm³/mol. The quantitative estimate of drug-likeness (QED) is 0.146. The van der Waals surface area contributed by atoms with E-state index in [0.717, 1.165) is 0 Å². The van der Waals surface area contributed by atoms with Gasteiger partial charge in [0.2, 0.25) is 0 Å². The Morgan fingerprint density at radius 3 is 1.89 bits per heavy atom. The van der Waals surface area contributed by atoms with Crippen LogP contribution < -0.4 is 15.0 Å². The number of halogens is 12. The van der Waals surface area contributed by atoms with Gasteiger partial charge in [0.05, 0.1) is 22.3 Å². The number of rotatable bonds is 3. The van der Waals surface area contributed by atoms with Crippen LogP contribution >= 0.6 is 7.82 Å². The molecular weight excluding hydrogens is 767 g/mol. The zero-order valence-electron chi connectivity index (χ0n) is 26.8. The molecule has 282 valence electrons. The molecule has 1 heterocycles. The van der Waals surface area contributed by atoms with Gasteiger partial charge in [0, 0.05) is 29.0 Å². The lowest BCUT2D eigenvalue weighted by Gasteiger charge is -2.30. The van der Waals surface area contributed by atoms with Gasteiger partial charge in [-0.25, -0.2) is 4.57 Å². The lowest BCUT2D eigenvalue weighted by Crippen LogP contribution is -2.39. The van der Waals surface area contributed by atoms with Gasteiger partial charge in [0.1, 0.15) is 11.9 Å². The Balaban J connectivity index is 1.53. The van der Waals surface area contributed by atoms with Crippen molar-refractivity contribution in [3.63, 3.8) is 0 Å². The van der Waals surface area contributed by atoms with Crippen LogP contribution in [0.3, 0.4) is 0 Å². The standard InChI is InChI=1S/C37H21F12O4P/c38-34(39,40)23-10-9-20(29(17-23)37(47,48)49)12-22-11-18-5-1-3-7-26(18)30-31-27-8-4-2-6-19(27)15-28(33(31)53-54(50,51)52-32(22)30)21-13-24(35(41,42)43)16-25(14-21)36(44,45)46/h1-11,13-17,28,33H,12H2,(H,50,51)/t28-,33+/m0/s1. The second kappa shape index (κ2) is 12.6. The first-order chi connectivity index (χ1) is 25.0. The van der Waals surface area contributed by atoms with Gasteiger partial charge in [0.25, 0.3) is 0 Å². The van der Waals surface area contributed by atoms with E-state index in [-0.39, 0.29) is 44.7 Å². The summed E-state index contributed by atoms with van der Waals surface area (Å²) in [6.45, 7) is 0. The molecule has 17 heteroatoms. The van der Waals surface area contributed by atoms with Crippen molar-refractivity contribution in [1.82, 2.24) is 0 Å². The minimum absolute atomic E-state index is 0.0487. The Hall–Kier alpha value is -4.79. The van der Waals surface area contributed by atoms with Gasteiger partial charge in [-0.3, -0.25) is 9.42 Å². The zero-order chi connectivity index (χ0) is 39.2. The molecule has 1 N–H and O–H groups in total. The van der Waals surface area contributed by atoms with Crippen molar-refractivity contribution in [2.24, 2.45) is 0 Å². The molecule has 0 amide bonds. The van der Waals surface area contributed by atoms with Crippen LogP contribution in [0.25, 0.3) is 22.4 Å². The highest BCUT2D eigenvalue weighted by Gasteiger charge is 2.46. The van der Waals surface area contributed by atoms with E-state index in [9.17, 15) is 62.1 Å². The first-order valence-corrected chi connectivity index (χ1v) is 17.1. The first kappa shape index (κ1) is 37.5. The summed E-state index contributed by atoms with van der Waals surface area (Å²) in [7, 11) is -5.45. The van der Waals surface area contributed by atoms with Crippen molar-refractivity contribution in [2.75, 3.05) is 0 Å². The molecule has 0 spiro atoms. The summed E-state index contributed by atoms with van der Waals surface area (Å²) in [4.78, 5) is 11.1. The lowest BCUT2D eigenvalue weighted by molar-refractivity contribution is -0.144. The van der Waals surface area contributed by atoms with E-state index in [0.29, 0.717) is 29.7 Å². The predicted octanol–water partition coefficient (Wildman–Crippen LogP) is 10.2. The molecule has 4 nitrogen and oxygen atoms in total. The number of alkyl halides is 12. The van der Waals surface area contributed by atoms with Crippen LogP contribution in [0.1, 0.15) is 50.4 Å². The largest absolute Gasteiger partial charge is 0.528 e. The number of hydrogen-bond acceptors (Lipinski definition) is 3. The molecule has 7 rings (SSSR count). The molecule has 1 unspecified atom stereocenters. The van der Waals surface area contributed by atoms with Crippen molar-refractivity contribution in [3.05, 3.63) is 146 Å². The molecule has 1 aliphatic carbocycles. The van der Waals surface area contributed by atoms with E-state index in [1.807, 2.05) is 0 Å². The fraction of sp³-hybridized carbons (Fsp3) is 0.189. The summed E-state index contributed by atoms with van der Waals surface area (Å²) in [6.07, 6.45) is -22.3. The molecule has 3 atom stereocenters. The average Bonchev–Trinajstić information content (AvgIpc) is 3.19. The van der Waals surface area contributed by atoms with Crippen molar-refractivity contribution in [1.29, 1.82) is 0 Å². The van der Waals surface area contributed by atoms with Gasteiger partial charge < -0.3 is 4.52 Å².